The molecule has 0 fully saturated rings. The van der Waals surface area contributed by atoms with E-state index < -0.39 is 0 Å². The Balaban J connectivity index is 1.93. The molecule has 1 aliphatic carbocycles. The highest BCUT2D eigenvalue weighted by molar-refractivity contribution is 6.42. The largest absolute Gasteiger partial charge is 0.349 e. The molecule has 0 radical (unpaired) electrons. The van der Waals surface area contributed by atoms with Gasteiger partial charge in [0, 0.05) is 38.5 Å². The van der Waals surface area contributed by atoms with E-state index in [0.717, 1.165) is 16.7 Å². The van der Waals surface area contributed by atoms with E-state index in [9.17, 15) is 4.79 Å². The van der Waals surface area contributed by atoms with Crippen molar-refractivity contribution in [2.45, 2.75) is 25.2 Å². The first kappa shape index (κ1) is 19.7. The van der Waals surface area contributed by atoms with Gasteiger partial charge in [-0.2, -0.15) is 5.10 Å². The van der Waals surface area contributed by atoms with Crippen molar-refractivity contribution in [2.75, 3.05) is 14.1 Å². The SMILES string of the molecule is CC1C=C(C(CC(=O)N(C)C)c2ccc(Cl)c(Cl)c2)C=CC1c1cn[nH]c1. The molecule has 3 rings (SSSR count). The summed E-state index contributed by atoms with van der Waals surface area (Å²) in [6.07, 6.45) is 10.7. The first-order chi connectivity index (χ1) is 12.9. The molecule has 0 saturated carbocycles. The average molecular weight is 404 g/mol. The molecule has 1 aromatic heterocycles. The Bertz CT molecular complexity index is 872. The van der Waals surface area contributed by atoms with Crippen molar-refractivity contribution in [1.82, 2.24) is 15.1 Å². The molecule has 1 N–H and O–H groups in total. The second-order valence-electron chi connectivity index (χ2n) is 7.16. The molecule has 3 unspecified atom stereocenters. The van der Waals surface area contributed by atoms with Crippen LogP contribution in [0.25, 0.3) is 0 Å². The van der Waals surface area contributed by atoms with Crippen LogP contribution in [0.1, 0.15) is 36.3 Å². The van der Waals surface area contributed by atoms with Crippen molar-refractivity contribution >= 4 is 29.1 Å². The average Bonchev–Trinajstić information content (AvgIpc) is 3.16. The number of hydrogen-bond donors (Lipinski definition) is 1. The summed E-state index contributed by atoms with van der Waals surface area (Å²) in [4.78, 5) is 14.1. The van der Waals surface area contributed by atoms with Gasteiger partial charge in [-0.05, 0) is 34.8 Å². The molecule has 3 atom stereocenters. The molecule has 0 spiro atoms. The number of rotatable bonds is 5. The number of nitrogens with one attached hydrogen (secondary N) is 1. The number of halogens is 2. The van der Waals surface area contributed by atoms with Crippen LogP contribution in [0.4, 0.5) is 0 Å². The predicted octanol–water partition coefficient (Wildman–Crippen LogP) is 5.19. The lowest BCUT2D eigenvalue weighted by molar-refractivity contribution is -0.128. The Hall–Kier alpha value is -2.04. The third-order valence-electron chi connectivity index (χ3n) is 5.05. The van der Waals surface area contributed by atoms with Gasteiger partial charge in [-0.1, -0.05) is 54.4 Å². The molecular formula is C21H23Cl2N3O. The smallest absolute Gasteiger partial charge is 0.223 e. The molecule has 1 aromatic carbocycles. The van der Waals surface area contributed by atoms with E-state index in [1.807, 2.05) is 24.5 Å². The minimum absolute atomic E-state index is 0.0707. The van der Waals surface area contributed by atoms with Crippen LogP contribution in [-0.2, 0) is 4.79 Å². The van der Waals surface area contributed by atoms with Crippen LogP contribution < -0.4 is 0 Å². The second-order valence-corrected chi connectivity index (χ2v) is 7.98. The zero-order chi connectivity index (χ0) is 19.6. The Morgan fingerprint density at radius 2 is 2.07 bits per heavy atom. The maximum Gasteiger partial charge on any atom is 0.223 e. The summed E-state index contributed by atoms with van der Waals surface area (Å²) in [5.74, 6) is 0.567. The zero-order valence-electron chi connectivity index (χ0n) is 15.6. The summed E-state index contributed by atoms with van der Waals surface area (Å²) in [6.45, 7) is 2.18. The predicted molar refractivity (Wildman–Crippen MR) is 110 cm³/mol. The van der Waals surface area contributed by atoms with Gasteiger partial charge in [-0.15, -0.1) is 0 Å². The number of hydrogen-bond acceptors (Lipinski definition) is 2. The van der Waals surface area contributed by atoms with E-state index in [1.165, 1.54) is 0 Å². The first-order valence-electron chi connectivity index (χ1n) is 8.90. The lowest BCUT2D eigenvalue weighted by Crippen LogP contribution is -2.24. The van der Waals surface area contributed by atoms with E-state index >= 15 is 0 Å². The number of nitrogens with zero attached hydrogens (tertiary/aromatic N) is 2. The quantitative estimate of drug-likeness (QED) is 0.745. The van der Waals surface area contributed by atoms with Crippen LogP contribution in [-0.4, -0.2) is 35.1 Å². The molecule has 0 saturated heterocycles. The summed E-state index contributed by atoms with van der Waals surface area (Å²) in [5.41, 5.74) is 3.27. The minimum Gasteiger partial charge on any atom is -0.349 e. The molecular weight excluding hydrogens is 381 g/mol. The normalized spacial score (nSPS) is 20.3. The fourth-order valence-electron chi connectivity index (χ4n) is 3.46. The van der Waals surface area contributed by atoms with Crippen molar-refractivity contribution in [3.63, 3.8) is 0 Å². The highest BCUT2D eigenvalue weighted by atomic mass is 35.5. The Morgan fingerprint density at radius 3 is 2.67 bits per heavy atom. The van der Waals surface area contributed by atoms with Gasteiger partial charge in [0.2, 0.25) is 5.91 Å². The molecule has 142 valence electrons. The van der Waals surface area contributed by atoms with Crippen molar-refractivity contribution in [2.24, 2.45) is 5.92 Å². The summed E-state index contributed by atoms with van der Waals surface area (Å²) < 4.78 is 0. The van der Waals surface area contributed by atoms with Crippen molar-refractivity contribution < 1.29 is 4.79 Å². The van der Waals surface area contributed by atoms with Crippen LogP contribution in [0, 0.1) is 5.92 Å². The number of amides is 1. The molecule has 1 aliphatic rings. The van der Waals surface area contributed by atoms with Crippen LogP contribution in [0.15, 0.2) is 54.4 Å². The van der Waals surface area contributed by atoms with Crippen LogP contribution >= 0.6 is 23.2 Å². The molecule has 27 heavy (non-hydrogen) atoms. The number of carbonyl (C=O) groups is 1. The minimum atomic E-state index is -0.0707. The first-order valence-corrected chi connectivity index (χ1v) is 9.66. The zero-order valence-corrected chi connectivity index (χ0v) is 17.1. The molecule has 1 heterocycles. The van der Waals surface area contributed by atoms with Gasteiger partial charge in [-0.3, -0.25) is 9.89 Å². The maximum atomic E-state index is 12.5. The summed E-state index contributed by atoms with van der Waals surface area (Å²) in [7, 11) is 3.55. The monoisotopic (exact) mass is 403 g/mol. The molecule has 6 heteroatoms. The van der Waals surface area contributed by atoms with Crippen molar-refractivity contribution in [3.8, 4) is 0 Å². The van der Waals surface area contributed by atoms with E-state index in [0.29, 0.717) is 22.4 Å². The highest BCUT2D eigenvalue weighted by Gasteiger charge is 2.26. The van der Waals surface area contributed by atoms with Gasteiger partial charge >= 0.3 is 0 Å². The molecule has 0 bridgehead atoms. The number of H-pyrrole nitrogens is 1. The molecule has 2 aromatic rings. The Kier molecular flexibility index (Phi) is 6.08. The molecule has 1 amide bonds. The number of allylic oxidation sites excluding steroid dienone is 4. The number of benzene rings is 1. The van der Waals surface area contributed by atoms with E-state index in [1.54, 1.807) is 25.1 Å². The Labute approximate surface area is 169 Å². The van der Waals surface area contributed by atoms with E-state index in [2.05, 4.69) is 35.3 Å². The maximum absolute atomic E-state index is 12.5. The van der Waals surface area contributed by atoms with Crippen molar-refractivity contribution in [1.29, 1.82) is 0 Å². The van der Waals surface area contributed by atoms with Crippen molar-refractivity contribution in [3.05, 3.63) is 75.6 Å². The van der Waals surface area contributed by atoms with E-state index in [4.69, 9.17) is 23.2 Å². The number of aromatic amines is 1. The van der Waals surface area contributed by atoms with Gasteiger partial charge in [0.1, 0.15) is 0 Å². The summed E-state index contributed by atoms with van der Waals surface area (Å²) in [5, 5.41) is 7.94. The third kappa shape index (κ3) is 4.45. The molecule has 4 nitrogen and oxygen atoms in total. The summed E-state index contributed by atoms with van der Waals surface area (Å²) in [6, 6.07) is 5.60. The third-order valence-corrected chi connectivity index (χ3v) is 5.79. The van der Waals surface area contributed by atoms with Gasteiger partial charge in [0.05, 0.1) is 16.2 Å². The highest BCUT2D eigenvalue weighted by Crippen LogP contribution is 2.39. The fourth-order valence-corrected chi connectivity index (χ4v) is 3.76. The fraction of sp³-hybridized carbons (Fsp3) is 0.333. The van der Waals surface area contributed by atoms with Crippen LogP contribution in [0.2, 0.25) is 10.0 Å². The van der Waals surface area contributed by atoms with Crippen LogP contribution in [0.5, 0.6) is 0 Å². The van der Waals surface area contributed by atoms with Gasteiger partial charge in [0.25, 0.3) is 0 Å². The Morgan fingerprint density at radius 1 is 1.30 bits per heavy atom. The van der Waals surface area contributed by atoms with Gasteiger partial charge < -0.3 is 4.90 Å². The summed E-state index contributed by atoms with van der Waals surface area (Å²) >= 11 is 12.3. The number of carbonyl (C=O) groups excluding carboxylic acids is 1. The van der Waals surface area contributed by atoms with E-state index in [-0.39, 0.29) is 17.7 Å². The van der Waals surface area contributed by atoms with Gasteiger partial charge in [0.15, 0.2) is 0 Å². The number of aromatic nitrogens is 2. The molecule has 0 aliphatic heterocycles. The standard InChI is InChI=1S/C21H23Cl2N3O/c1-13-8-14(4-6-17(13)16-11-24-25-12-16)18(10-21(27)26(2)3)15-5-7-19(22)20(23)9-15/h4-9,11-13,17-18H,10H2,1-3H3,(H,24,25). The topological polar surface area (TPSA) is 49.0 Å². The van der Waals surface area contributed by atoms with Crippen LogP contribution in [0.3, 0.4) is 0 Å². The lowest BCUT2D eigenvalue weighted by Gasteiger charge is -2.27. The second kappa shape index (κ2) is 8.32. The lowest BCUT2D eigenvalue weighted by atomic mass is 9.78. The van der Waals surface area contributed by atoms with Gasteiger partial charge in [-0.25, -0.2) is 0 Å².